The molecule has 1 atom stereocenters. The number of hydrogen-bond acceptors (Lipinski definition) is 1. The minimum absolute atomic E-state index is 0.0845. The van der Waals surface area contributed by atoms with Crippen LogP contribution in [0.1, 0.15) is 58.9 Å². The van der Waals surface area contributed by atoms with Crippen LogP contribution >= 0.6 is 0 Å². The number of rotatable bonds is 5. The largest absolute Gasteiger partial charge is 0.326 e. The zero-order valence-electron chi connectivity index (χ0n) is 12.2. The van der Waals surface area contributed by atoms with Gasteiger partial charge in [0.1, 0.15) is 0 Å². The second-order valence-electron chi connectivity index (χ2n) is 5.62. The first-order valence-corrected chi connectivity index (χ1v) is 6.82. The highest BCUT2D eigenvalue weighted by molar-refractivity contribution is 5.94. The summed E-state index contributed by atoms with van der Waals surface area (Å²) in [5.41, 5.74) is 1.90. The van der Waals surface area contributed by atoms with Crippen molar-refractivity contribution < 1.29 is 4.79 Å². The maximum Gasteiger partial charge on any atom is 0.230 e. The van der Waals surface area contributed by atoms with Gasteiger partial charge in [0.25, 0.3) is 0 Å². The van der Waals surface area contributed by atoms with Crippen LogP contribution in [0.3, 0.4) is 0 Å². The summed E-state index contributed by atoms with van der Waals surface area (Å²) < 4.78 is 0. The first-order chi connectivity index (χ1) is 8.40. The van der Waals surface area contributed by atoms with E-state index in [-0.39, 0.29) is 11.3 Å². The molecule has 18 heavy (non-hydrogen) atoms. The van der Waals surface area contributed by atoms with E-state index >= 15 is 0 Å². The van der Waals surface area contributed by atoms with Gasteiger partial charge in [0.2, 0.25) is 5.91 Å². The minimum Gasteiger partial charge on any atom is -0.326 e. The molecule has 1 amide bonds. The van der Waals surface area contributed by atoms with Gasteiger partial charge in [0.15, 0.2) is 0 Å². The number of amides is 1. The molecule has 2 nitrogen and oxygen atoms in total. The average Bonchev–Trinajstić information content (AvgIpc) is 2.38. The molecular formula is C16H25NO. The van der Waals surface area contributed by atoms with Crippen LogP contribution in [0, 0.1) is 5.41 Å². The zero-order chi connectivity index (χ0) is 13.8. The number of carbonyl (C=O) groups excluding carboxylic acids is 1. The number of hydrogen-bond donors (Lipinski definition) is 1. The Kier molecular flexibility index (Phi) is 4.94. The quantitative estimate of drug-likeness (QED) is 0.811. The smallest absolute Gasteiger partial charge is 0.230 e. The van der Waals surface area contributed by atoms with Crippen molar-refractivity contribution in [2.24, 2.45) is 5.41 Å². The molecule has 0 spiro atoms. The standard InChI is InChI=1S/C16H25NO/c1-6-12(3)13-8-10-14(11-9-13)17-15(18)16(4,5)7-2/h8-12H,6-7H2,1-5H3,(H,17,18)/t12-/m1/s1. The van der Waals surface area contributed by atoms with E-state index in [2.05, 4.69) is 31.3 Å². The van der Waals surface area contributed by atoms with Crippen LogP contribution in [-0.2, 0) is 4.79 Å². The molecule has 0 saturated heterocycles. The minimum atomic E-state index is -0.310. The summed E-state index contributed by atoms with van der Waals surface area (Å²) in [6, 6.07) is 8.18. The van der Waals surface area contributed by atoms with Gasteiger partial charge in [-0.1, -0.05) is 46.8 Å². The lowest BCUT2D eigenvalue weighted by Crippen LogP contribution is -2.29. The third kappa shape index (κ3) is 3.59. The molecule has 0 heterocycles. The first-order valence-electron chi connectivity index (χ1n) is 6.82. The topological polar surface area (TPSA) is 29.1 Å². The summed E-state index contributed by atoms with van der Waals surface area (Å²) in [6.07, 6.45) is 1.97. The Morgan fingerprint density at radius 1 is 1.22 bits per heavy atom. The Labute approximate surface area is 111 Å². The number of benzene rings is 1. The van der Waals surface area contributed by atoms with E-state index in [0.29, 0.717) is 5.92 Å². The molecule has 100 valence electrons. The van der Waals surface area contributed by atoms with Crippen molar-refractivity contribution in [3.05, 3.63) is 29.8 Å². The Balaban J connectivity index is 2.73. The van der Waals surface area contributed by atoms with Crippen LogP contribution in [0.4, 0.5) is 5.69 Å². The highest BCUT2D eigenvalue weighted by Gasteiger charge is 2.25. The van der Waals surface area contributed by atoms with Crippen LogP contribution in [0.25, 0.3) is 0 Å². The lowest BCUT2D eigenvalue weighted by Gasteiger charge is -2.21. The summed E-state index contributed by atoms with van der Waals surface area (Å²) in [4.78, 5) is 12.0. The first kappa shape index (κ1) is 14.7. The van der Waals surface area contributed by atoms with Crippen LogP contribution in [0.5, 0.6) is 0 Å². The Bertz CT molecular complexity index is 392. The molecule has 0 aliphatic rings. The van der Waals surface area contributed by atoms with Crippen molar-refractivity contribution >= 4 is 11.6 Å². The molecule has 2 heteroatoms. The fraction of sp³-hybridized carbons (Fsp3) is 0.562. The number of anilines is 1. The fourth-order valence-electron chi connectivity index (χ4n) is 1.59. The molecule has 0 aromatic heterocycles. The highest BCUT2D eigenvalue weighted by Crippen LogP contribution is 2.24. The highest BCUT2D eigenvalue weighted by atomic mass is 16.2. The SMILES string of the molecule is CC[C@@H](C)c1ccc(NC(=O)C(C)(C)CC)cc1. The Hall–Kier alpha value is -1.31. The van der Waals surface area contributed by atoms with Gasteiger partial charge in [0.05, 0.1) is 0 Å². The summed E-state index contributed by atoms with van der Waals surface area (Å²) >= 11 is 0. The average molecular weight is 247 g/mol. The van der Waals surface area contributed by atoms with Gasteiger partial charge in [-0.3, -0.25) is 4.79 Å². The lowest BCUT2D eigenvalue weighted by atomic mass is 9.89. The Morgan fingerprint density at radius 2 is 1.78 bits per heavy atom. The molecule has 1 N–H and O–H groups in total. The molecule has 1 aromatic rings. The predicted molar refractivity (Wildman–Crippen MR) is 77.8 cm³/mol. The summed E-state index contributed by atoms with van der Waals surface area (Å²) in [6.45, 7) is 10.4. The van der Waals surface area contributed by atoms with Crippen LogP contribution in [-0.4, -0.2) is 5.91 Å². The van der Waals surface area contributed by atoms with Crippen molar-refractivity contribution in [3.63, 3.8) is 0 Å². The summed E-state index contributed by atoms with van der Waals surface area (Å²) in [5, 5.41) is 2.98. The third-order valence-corrected chi connectivity index (χ3v) is 3.85. The van der Waals surface area contributed by atoms with E-state index in [9.17, 15) is 4.79 Å². The van der Waals surface area contributed by atoms with Crippen molar-refractivity contribution in [2.75, 3.05) is 5.32 Å². The van der Waals surface area contributed by atoms with E-state index in [1.54, 1.807) is 0 Å². The fourth-order valence-corrected chi connectivity index (χ4v) is 1.59. The van der Waals surface area contributed by atoms with Crippen LogP contribution in [0.2, 0.25) is 0 Å². The van der Waals surface area contributed by atoms with Crippen molar-refractivity contribution in [3.8, 4) is 0 Å². The van der Waals surface area contributed by atoms with Gasteiger partial charge >= 0.3 is 0 Å². The van der Waals surface area contributed by atoms with Crippen LogP contribution < -0.4 is 5.32 Å². The molecule has 1 aromatic carbocycles. The number of nitrogens with one attached hydrogen (secondary N) is 1. The van der Waals surface area contributed by atoms with Crippen molar-refractivity contribution in [2.45, 2.75) is 53.4 Å². The maximum absolute atomic E-state index is 12.0. The van der Waals surface area contributed by atoms with Crippen molar-refractivity contribution in [1.29, 1.82) is 0 Å². The second kappa shape index (κ2) is 6.03. The lowest BCUT2D eigenvalue weighted by molar-refractivity contribution is -0.124. The van der Waals surface area contributed by atoms with E-state index in [1.807, 2.05) is 32.9 Å². The molecule has 0 unspecified atom stereocenters. The van der Waals surface area contributed by atoms with E-state index in [0.717, 1.165) is 18.5 Å². The summed E-state index contributed by atoms with van der Waals surface area (Å²) in [5.74, 6) is 0.656. The van der Waals surface area contributed by atoms with Gasteiger partial charge in [-0.15, -0.1) is 0 Å². The van der Waals surface area contributed by atoms with E-state index < -0.39 is 0 Å². The normalized spacial score (nSPS) is 13.2. The van der Waals surface area contributed by atoms with Gasteiger partial charge < -0.3 is 5.32 Å². The molecule has 0 bridgehead atoms. The molecule has 1 rings (SSSR count). The van der Waals surface area contributed by atoms with Gasteiger partial charge in [-0.2, -0.15) is 0 Å². The molecule has 0 fully saturated rings. The molecule has 0 aliphatic heterocycles. The van der Waals surface area contributed by atoms with Gasteiger partial charge in [0, 0.05) is 11.1 Å². The molecule has 0 radical (unpaired) electrons. The zero-order valence-corrected chi connectivity index (χ0v) is 12.2. The Morgan fingerprint density at radius 3 is 2.22 bits per heavy atom. The van der Waals surface area contributed by atoms with E-state index in [4.69, 9.17) is 0 Å². The monoisotopic (exact) mass is 247 g/mol. The van der Waals surface area contributed by atoms with E-state index in [1.165, 1.54) is 5.56 Å². The van der Waals surface area contributed by atoms with Gasteiger partial charge in [-0.05, 0) is 36.5 Å². The summed E-state index contributed by atoms with van der Waals surface area (Å²) in [7, 11) is 0. The second-order valence-corrected chi connectivity index (χ2v) is 5.62. The molecule has 0 saturated carbocycles. The number of carbonyl (C=O) groups is 1. The van der Waals surface area contributed by atoms with Crippen molar-refractivity contribution in [1.82, 2.24) is 0 Å². The third-order valence-electron chi connectivity index (χ3n) is 3.85. The van der Waals surface area contributed by atoms with Crippen LogP contribution in [0.15, 0.2) is 24.3 Å². The molecule has 0 aliphatic carbocycles. The predicted octanol–water partition coefficient (Wildman–Crippen LogP) is 4.57. The maximum atomic E-state index is 12.0. The molecular weight excluding hydrogens is 222 g/mol. The van der Waals surface area contributed by atoms with Gasteiger partial charge in [-0.25, -0.2) is 0 Å².